The van der Waals surface area contributed by atoms with Gasteiger partial charge in [-0.05, 0) is 23.5 Å². The van der Waals surface area contributed by atoms with E-state index in [4.69, 9.17) is 4.42 Å². The standard InChI is InChI=1S/C16H22N2O/c1-4-13-5-7-14(8-6-13)16(12(2)3)18-10-15-9-17-11-19-15/h5-9,11-12,16,18H,4,10H2,1-3H3. The minimum atomic E-state index is 0.330. The smallest absolute Gasteiger partial charge is 0.180 e. The van der Waals surface area contributed by atoms with Crippen molar-refractivity contribution < 1.29 is 4.42 Å². The lowest BCUT2D eigenvalue weighted by atomic mass is 9.95. The van der Waals surface area contributed by atoms with Crippen LogP contribution in [0.1, 0.15) is 43.7 Å². The first kappa shape index (κ1) is 13.8. The summed E-state index contributed by atoms with van der Waals surface area (Å²) >= 11 is 0. The summed E-state index contributed by atoms with van der Waals surface area (Å²) in [6.45, 7) is 7.34. The molecule has 2 rings (SSSR count). The molecule has 1 heterocycles. The van der Waals surface area contributed by atoms with Crippen LogP contribution in [0.5, 0.6) is 0 Å². The quantitative estimate of drug-likeness (QED) is 0.858. The molecule has 0 radical (unpaired) electrons. The second-order valence-electron chi connectivity index (χ2n) is 5.17. The van der Waals surface area contributed by atoms with E-state index in [-0.39, 0.29) is 0 Å². The van der Waals surface area contributed by atoms with E-state index in [9.17, 15) is 0 Å². The third-order valence-corrected chi connectivity index (χ3v) is 3.39. The number of nitrogens with zero attached hydrogens (tertiary/aromatic N) is 1. The Bertz CT molecular complexity index is 474. The molecule has 0 spiro atoms. The Morgan fingerprint density at radius 1 is 1.21 bits per heavy atom. The Balaban J connectivity index is 2.06. The fourth-order valence-electron chi connectivity index (χ4n) is 2.24. The third-order valence-electron chi connectivity index (χ3n) is 3.39. The molecule has 0 bridgehead atoms. The van der Waals surface area contributed by atoms with Gasteiger partial charge >= 0.3 is 0 Å². The fraction of sp³-hybridized carbons (Fsp3) is 0.438. The monoisotopic (exact) mass is 258 g/mol. The number of benzene rings is 1. The van der Waals surface area contributed by atoms with Gasteiger partial charge in [0.05, 0.1) is 12.7 Å². The Labute approximate surface area is 115 Å². The summed E-state index contributed by atoms with van der Waals surface area (Å²) in [6.07, 6.45) is 4.31. The molecule has 1 N–H and O–H groups in total. The van der Waals surface area contributed by atoms with E-state index in [0.717, 1.165) is 12.2 Å². The van der Waals surface area contributed by atoms with Crippen molar-refractivity contribution in [3.05, 3.63) is 53.7 Å². The predicted molar refractivity (Wildman–Crippen MR) is 76.7 cm³/mol. The molecule has 0 fully saturated rings. The minimum Gasteiger partial charge on any atom is -0.447 e. The van der Waals surface area contributed by atoms with Gasteiger partial charge in [-0.3, -0.25) is 0 Å². The van der Waals surface area contributed by atoms with Crippen LogP contribution in [0.25, 0.3) is 0 Å². The molecular formula is C16H22N2O. The number of hydrogen-bond acceptors (Lipinski definition) is 3. The summed E-state index contributed by atoms with van der Waals surface area (Å²) in [7, 11) is 0. The second kappa shape index (κ2) is 6.53. The summed E-state index contributed by atoms with van der Waals surface area (Å²) in [5.41, 5.74) is 2.70. The van der Waals surface area contributed by atoms with E-state index in [1.165, 1.54) is 17.5 Å². The normalized spacial score (nSPS) is 12.8. The molecule has 1 aromatic heterocycles. The Morgan fingerprint density at radius 2 is 1.95 bits per heavy atom. The molecule has 1 aromatic carbocycles. The van der Waals surface area contributed by atoms with Crippen LogP contribution < -0.4 is 5.32 Å². The average molecular weight is 258 g/mol. The van der Waals surface area contributed by atoms with E-state index in [2.05, 4.69) is 55.3 Å². The zero-order chi connectivity index (χ0) is 13.7. The Morgan fingerprint density at radius 3 is 2.47 bits per heavy atom. The van der Waals surface area contributed by atoms with Gasteiger partial charge in [0.15, 0.2) is 6.39 Å². The summed E-state index contributed by atoms with van der Waals surface area (Å²) < 4.78 is 5.26. The van der Waals surface area contributed by atoms with Gasteiger partial charge in [0, 0.05) is 6.04 Å². The molecule has 0 saturated carbocycles. The van der Waals surface area contributed by atoms with Gasteiger partial charge in [0.1, 0.15) is 5.76 Å². The molecule has 3 heteroatoms. The maximum Gasteiger partial charge on any atom is 0.180 e. The first-order chi connectivity index (χ1) is 9.20. The van der Waals surface area contributed by atoms with E-state index >= 15 is 0 Å². The number of nitrogens with one attached hydrogen (secondary N) is 1. The second-order valence-corrected chi connectivity index (χ2v) is 5.17. The highest BCUT2D eigenvalue weighted by atomic mass is 16.3. The van der Waals surface area contributed by atoms with Gasteiger partial charge in [-0.15, -0.1) is 0 Å². The van der Waals surface area contributed by atoms with Crippen LogP contribution in [0.4, 0.5) is 0 Å². The molecule has 102 valence electrons. The zero-order valence-electron chi connectivity index (χ0n) is 11.9. The largest absolute Gasteiger partial charge is 0.447 e. The van der Waals surface area contributed by atoms with Gasteiger partial charge in [0.2, 0.25) is 0 Å². The number of hydrogen-bond donors (Lipinski definition) is 1. The Hall–Kier alpha value is -1.61. The first-order valence-electron chi connectivity index (χ1n) is 6.90. The van der Waals surface area contributed by atoms with E-state index in [0.29, 0.717) is 18.5 Å². The van der Waals surface area contributed by atoms with Crippen molar-refractivity contribution in [2.75, 3.05) is 0 Å². The van der Waals surface area contributed by atoms with Crippen molar-refractivity contribution >= 4 is 0 Å². The lowest BCUT2D eigenvalue weighted by Crippen LogP contribution is -2.25. The fourth-order valence-corrected chi connectivity index (χ4v) is 2.24. The molecule has 0 aliphatic carbocycles. The van der Waals surface area contributed by atoms with E-state index in [1.807, 2.05) is 0 Å². The molecular weight excluding hydrogens is 236 g/mol. The number of aromatic nitrogens is 1. The molecule has 0 saturated heterocycles. The molecule has 1 atom stereocenters. The molecule has 1 unspecified atom stereocenters. The maximum atomic E-state index is 5.26. The van der Waals surface area contributed by atoms with Crippen LogP contribution >= 0.6 is 0 Å². The molecule has 3 nitrogen and oxygen atoms in total. The van der Waals surface area contributed by atoms with Crippen molar-refractivity contribution in [2.24, 2.45) is 5.92 Å². The van der Waals surface area contributed by atoms with Gasteiger partial charge in [-0.1, -0.05) is 45.0 Å². The van der Waals surface area contributed by atoms with Crippen LogP contribution in [0, 0.1) is 5.92 Å². The van der Waals surface area contributed by atoms with Gasteiger partial charge in [-0.2, -0.15) is 0 Å². The lowest BCUT2D eigenvalue weighted by Gasteiger charge is -2.22. The molecule has 0 aliphatic rings. The average Bonchev–Trinajstić information content (AvgIpc) is 2.92. The summed E-state index contributed by atoms with van der Waals surface area (Å²) in [5.74, 6) is 1.39. The van der Waals surface area contributed by atoms with Crippen LogP contribution in [-0.2, 0) is 13.0 Å². The highest BCUT2D eigenvalue weighted by Gasteiger charge is 2.15. The van der Waals surface area contributed by atoms with Crippen LogP contribution in [0.2, 0.25) is 0 Å². The Kier molecular flexibility index (Phi) is 4.74. The first-order valence-corrected chi connectivity index (χ1v) is 6.90. The van der Waals surface area contributed by atoms with Gasteiger partial charge in [-0.25, -0.2) is 4.98 Å². The van der Waals surface area contributed by atoms with Crippen LogP contribution in [0.15, 0.2) is 41.3 Å². The highest BCUT2D eigenvalue weighted by molar-refractivity contribution is 5.25. The van der Waals surface area contributed by atoms with Crippen molar-refractivity contribution in [3.63, 3.8) is 0 Å². The topological polar surface area (TPSA) is 38.1 Å². The van der Waals surface area contributed by atoms with Crippen LogP contribution in [0.3, 0.4) is 0 Å². The van der Waals surface area contributed by atoms with E-state index in [1.54, 1.807) is 6.20 Å². The summed E-state index contributed by atoms with van der Waals surface area (Å²) in [6, 6.07) is 9.19. The number of aryl methyl sites for hydroxylation is 1. The molecule has 2 aromatic rings. The minimum absolute atomic E-state index is 0.330. The van der Waals surface area contributed by atoms with E-state index < -0.39 is 0 Å². The SMILES string of the molecule is CCc1ccc(C(NCc2cnco2)C(C)C)cc1. The zero-order valence-corrected chi connectivity index (χ0v) is 11.9. The van der Waals surface area contributed by atoms with Crippen molar-refractivity contribution in [1.82, 2.24) is 10.3 Å². The summed E-state index contributed by atoms with van der Waals surface area (Å²) in [5, 5.41) is 3.54. The highest BCUT2D eigenvalue weighted by Crippen LogP contribution is 2.22. The van der Waals surface area contributed by atoms with Gasteiger partial charge in [0.25, 0.3) is 0 Å². The molecule has 0 amide bonds. The third kappa shape index (κ3) is 3.67. The van der Waals surface area contributed by atoms with Gasteiger partial charge < -0.3 is 9.73 Å². The lowest BCUT2D eigenvalue weighted by molar-refractivity contribution is 0.383. The molecule has 19 heavy (non-hydrogen) atoms. The molecule has 0 aliphatic heterocycles. The maximum absolute atomic E-state index is 5.26. The van der Waals surface area contributed by atoms with Crippen molar-refractivity contribution in [1.29, 1.82) is 0 Å². The number of oxazole rings is 1. The number of rotatable bonds is 6. The summed E-state index contributed by atoms with van der Waals surface area (Å²) in [4.78, 5) is 3.93. The van der Waals surface area contributed by atoms with Crippen molar-refractivity contribution in [3.8, 4) is 0 Å². The van der Waals surface area contributed by atoms with Crippen LogP contribution in [-0.4, -0.2) is 4.98 Å². The van der Waals surface area contributed by atoms with Crippen molar-refractivity contribution in [2.45, 2.75) is 39.8 Å². The predicted octanol–water partition coefficient (Wildman–Crippen LogP) is 3.72.